The summed E-state index contributed by atoms with van der Waals surface area (Å²) >= 11 is 3.16. The zero-order valence-electron chi connectivity index (χ0n) is 7.40. The van der Waals surface area contributed by atoms with Crippen LogP contribution in [0.25, 0.3) is 0 Å². The van der Waals surface area contributed by atoms with E-state index in [1.807, 2.05) is 0 Å². The first kappa shape index (κ1) is 10.6. The number of halogens is 1. The van der Waals surface area contributed by atoms with Gasteiger partial charge >= 0.3 is 0 Å². The average molecular weight is 258 g/mol. The van der Waals surface area contributed by atoms with E-state index < -0.39 is 4.92 Å². The van der Waals surface area contributed by atoms with Gasteiger partial charge in [-0.2, -0.15) is 0 Å². The molecule has 0 aliphatic rings. The zero-order chi connectivity index (χ0) is 10.7. The van der Waals surface area contributed by atoms with Crippen LogP contribution in [0, 0.1) is 10.1 Å². The summed E-state index contributed by atoms with van der Waals surface area (Å²) in [5, 5.41) is 10.5. The van der Waals surface area contributed by atoms with Crippen molar-refractivity contribution >= 4 is 33.1 Å². The lowest BCUT2D eigenvalue weighted by atomic mass is 10.3. The number of hydrogen-bond donors (Lipinski definition) is 1. The van der Waals surface area contributed by atoms with Crippen molar-refractivity contribution < 1.29 is 4.92 Å². The number of nitrogens with two attached hydrogens (primary N) is 1. The molecule has 0 fully saturated rings. The smallest absolute Gasteiger partial charge is 0.272 e. The van der Waals surface area contributed by atoms with Gasteiger partial charge in [-0.05, 0) is 13.0 Å². The molecule has 0 saturated carbocycles. The SMILES string of the molecule is CC(N)=Nc1cc(Br)cc([N+](=O)[O-])c1. The van der Waals surface area contributed by atoms with Gasteiger partial charge in [0.2, 0.25) is 0 Å². The monoisotopic (exact) mass is 257 g/mol. The van der Waals surface area contributed by atoms with Crippen LogP contribution in [-0.2, 0) is 0 Å². The van der Waals surface area contributed by atoms with Crippen molar-refractivity contribution in [1.29, 1.82) is 0 Å². The number of non-ortho nitro benzene ring substituents is 1. The van der Waals surface area contributed by atoms with Crippen LogP contribution in [-0.4, -0.2) is 10.8 Å². The van der Waals surface area contributed by atoms with E-state index in [1.54, 1.807) is 13.0 Å². The summed E-state index contributed by atoms with van der Waals surface area (Å²) in [4.78, 5) is 13.9. The number of aliphatic imine (C=N–C) groups is 1. The first-order valence-electron chi connectivity index (χ1n) is 3.75. The summed E-state index contributed by atoms with van der Waals surface area (Å²) in [5.74, 6) is 0.359. The van der Waals surface area contributed by atoms with Crippen LogP contribution in [0.4, 0.5) is 11.4 Å². The molecular weight excluding hydrogens is 250 g/mol. The van der Waals surface area contributed by atoms with Crippen molar-refractivity contribution in [3.8, 4) is 0 Å². The van der Waals surface area contributed by atoms with Gasteiger partial charge in [0.05, 0.1) is 16.4 Å². The molecule has 0 spiro atoms. The van der Waals surface area contributed by atoms with E-state index in [2.05, 4.69) is 20.9 Å². The second-order valence-electron chi connectivity index (χ2n) is 2.68. The van der Waals surface area contributed by atoms with Gasteiger partial charge in [0.15, 0.2) is 0 Å². The van der Waals surface area contributed by atoms with E-state index in [4.69, 9.17) is 5.73 Å². The highest BCUT2D eigenvalue weighted by Gasteiger charge is 2.07. The molecule has 74 valence electrons. The van der Waals surface area contributed by atoms with E-state index in [9.17, 15) is 10.1 Å². The summed E-state index contributed by atoms with van der Waals surface area (Å²) in [6, 6.07) is 4.43. The summed E-state index contributed by atoms with van der Waals surface area (Å²) < 4.78 is 0.603. The van der Waals surface area contributed by atoms with Gasteiger partial charge in [0.25, 0.3) is 5.69 Å². The quantitative estimate of drug-likeness (QED) is 0.382. The van der Waals surface area contributed by atoms with Gasteiger partial charge in [-0.3, -0.25) is 10.1 Å². The van der Waals surface area contributed by atoms with Crippen LogP contribution in [0.3, 0.4) is 0 Å². The minimum atomic E-state index is -0.477. The van der Waals surface area contributed by atoms with E-state index in [0.717, 1.165) is 0 Å². The van der Waals surface area contributed by atoms with Gasteiger partial charge in [-0.15, -0.1) is 0 Å². The maximum atomic E-state index is 10.5. The first-order chi connectivity index (χ1) is 6.49. The van der Waals surface area contributed by atoms with Gasteiger partial charge in [0, 0.05) is 16.6 Å². The lowest BCUT2D eigenvalue weighted by Crippen LogP contribution is -2.03. The highest BCUT2D eigenvalue weighted by molar-refractivity contribution is 9.10. The van der Waals surface area contributed by atoms with Crippen molar-refractivity contribution in [3.05, 3.63) is 32.8 Å². The first-order valence-corrected chi connectivity index (χ1v) is 4.54. The van der Waals surface area contributed by atoms with Crippen LogP contribution < -0.4 is 5.73 Å². The topological polar surface area (TPSA) is 81.5 Å². The Balaban J connectivity index is 3.20. The molecule has 0 aliphatic heterocycles. The van der Waals surface area contributed by atoms with E-state index >= 15 is 0 Å². The highest BCUT2D eigenvalue weighted by Crippen LogP contribution is 2.26. The number of hydrogen-bond acceptors (Lipinski definition) is 3. The fourth-order valence-electron chi connectivity index (χ4n) is 0.933. The molecule has 0 amide bonds. The standard InChI is InChI=1S/C8H8BrN3O2/c1-5(10)11-7-2-6(9)3-8(4-7)12(13)14/h2-4H,1H3,(H2,10,11). The molecule has 1 rings (SSSR count). The van der Waals surface area contributed by atoms with Crippen molar-refractivity contribution in [2.75, 3.05) is 0 Å². The molecule has 5 nitrogen and oxygen atoms in total. The second-order valence-corrected chi connectivity index (χ2v) is 3.59. The number of amidine groups is 1. The Hall–Kier alpha value is -1.43. The fraction of sp³-hybridized carbons (Fsp3) is 0.125. The van der Waals surface area contributed by atoms with Gasteiger partial charge < -0.3 is 5.73 Å². The molecule has 1 aromatic rings. The summed E-state index contributed by atoms with van der Waals surface area (Å²) in [7, 11) is 0. The predicted molar refractivity (Wildman–Crippen MR) is 57.8 cm³/mol. The van der Waals surface area contributed by atoms with Crippen LogP contribution in [0.5, 0.6) is 0 Å². The van der Waals surface area contributed by atoms with Gasteiger partial charge in [0.1, 0.15) is 0 Å². The Kier molecular flexibility index (Phi) is 3.19. The highest BCUT2D eigenvalue weighted by atomic mass is 79.9. The Labute approximate surface area is 88.9 Å². The lowest BCUT2D eigenvalue weighted by Gasteiger charge is -1.97. The number of nitro benzene ring substituents is 1. The molecule has 0 aliphatic carbocycles. The zero-order valence-corrected chi connectivity index (χ0v) is 8.98. The molecule has 0 unspecified atom stereocenters. The molecule has 0 saturated heterocycles. The molecule has 0 heterocycles. The third-order valence-electron chi connectivity index (χ3n) is 1.38. The average Bonchev–Trinajstić information content (AvgIpc) is 2.01. The molecule has 2 N–H and O–H groups in total. The third kappa shape index (κ3) is 2.81. The third-order valence-corrected chi connectivity index (χ3v) is 1.84. The van der Waals surface area contributed by atoms with Gasteiger partial charge in [-0.25, -0.2) is 4.99 Å². The molecule has 0 atom stereocenters. The maximum absolute atomic E-state index is 10.5. The van der Waals surface area contributed by atoms with Crippen molar-refractivity contribution in [1.82, 2.24) is 0 Å². The number of nitrogens with zero attached hydrogens (tertiary/aromatic N) is 2. The summed E-state index contributed by atoms with van der Waals surface area (Å²) in [6.45, 7) is 1.62. The van der Waals surface area contributed by atoms with Crippen molar-refractivity contribution in [3.63, 3.8) is 0 Å². The summed E-state index contributed by atoms with van der Waals surface area (Å²) in [5.41, 5.74) is 5.82. The summed E-state index contributed by atoms with van der Waals surface area (Å²) in [6.07, 6.45) is 0. The Morgan fingerprint density at radius 1 is 1.57 bits per heavy atom. The van der Waals surface area contributed by atoms with Crippen molar-refractivity contribution in [2.24, 2.45) is 10.7 Å². The fourth-order valence-corrected chi connectivity index (χ4v) is 1.40. The molecule has 1 aromatic carbocycles. The molecule has 0 aromatic heterocycles. The normalized spacial score (nSPS) is 11.4. The molecule has 14 heavy (non-hydrogen) atoms. The minimum absolute atomic E-state index is 0.0145. The van der Waals surface area contributed by atoms with Crippen molar-refractivity contribution in [2.45, 2.75) is 6.92 Å². The van der Waals surface area contributed by atoms with Crippen LogP contribution in [0.1, 0.15) is 6.92 Å². The van der Waals surface area contributed by atoms with Gasteiger partial charge in [-0.1, -0.05) is 15.9 Å². The number of rotatable bonds is 2. The van der Waals surface area contributed by atoms with E-state index in [0.29, 0.717) is 16.0 Å². The lowest BCUT2D eigenvalue weighted by molar-refractivity contribution is -0.384. The Morgan fingerprint density at radius 2 is 2.21 bits per heavy atom. The maximum Gasteiger partial charge on any atom is 0.272 e. The van der Waals surface area contributed by atoms with E-state index in [-0.39, 0.29) is 5.69 Å². The largest absolute Gasteiger partial charge is 0.387 e. The predicted octanol–water partition coefficient (Wildman–Crippen LogP) is 2.37. The van der Waals surface area contributed by atoms with E-state index in [1.165, 1.54) is 12.1 Å². The molecule has 6 heteroatoms. The molecule has 0 bridgehead atoms. The number of nitro groups is 1. The van der Waals surface area contributed by atoms with Crippen LogP contribution in [0.2, 0.25) is 0 Å². The minimum Gasteiger partial charge on any atom is -0.387 e. The number of benzene rings is 1. The van der Waals surface area contributed by atoms with Crippen LogP contribution >= 0.6 is 15.9 Å². The Bertz CT molecular complexity index is 400. The Morgan fingerprint density at radius 3 is 2.71 bits per heavy atom. The van der Waals surface area contributed by atoms with Crippen LogP contribution in [0.15, 0.2) is 27.7 Å². The second kappa shape index (κ2) is 4.19. The molecular formula is C8H8BrN3O2. The molecule has 0 radical (unpaired) electrons.